The average molecular weight is 198 g/mol. The lowest BCUT2D eigenvalue weighted by molar-refractivity contribution is 0.364. The van der Waals surface area contributed by atoms with Gasteiger partial charge in [0.05, 0.1) is 6.07 Å². The first-order valence-corrected chi connectivity index (χ1v) is 4.57. The van der Waals surface area contributed by atoms with Crippen LogP contribution in [0.15, 0.2) is 15.7 Å². The fourth-order valence-electron chi connectivity index (χ4n) is 1.13. The average Bonchev–Trinajstić information content (AvgIpc) is 2.10. The van der Waals surface area contributed by atoms with Crippen molar-refractivity contribution >= 4 is 0 Å². The highest BCUT2D eigenvalue weighted by atomic mass is 16.3. The first-order chi connectivity index (χ1) is 6.54. The molecule has 0 aliphatic heterocycles. The second-order valence-corrected chi connectivity index (χ2v) is 3.42. The molecule has 5 heteroatoms. The molecule has 0 radical (unpaired) electrons. The predicted octanol–water partition coefficient (Wildman–Crippen LogP) is 0.288. The van der Waals surface area contributed by atoms with Gasteiger partial charge < -0.3 is 5.11 Å². The van der Waals surface area contributed by atoms with Gasteiger partial charge in [-0.15, -0.1) is 0 Å². The van der Waals surface area contributed by atoms with Crippen LogP contribution in [0.2, 0.25) is 0 Å². The first kappa shape index (κ1) is 10.6. The third-order valence-electron chi connectivity index (χ3n) is 2.20. The molecule has 0 aliphatic carbocycles. The molecule has 0 saturated heterocycles. The highest BCUT2D eigenvalue weighted by Gasteiger charge is 2.07. The maximum Gasteiger partial charge on any atom is 0.331 e. The number of rotatable bonds is 3. The fourth-order valence-corrected chi connectivity index (χ4v) is 1.13. The van der Waals surface area contributed by atoms with Crippen LogP contribution in [0, 0.1) is 5.92 Å². The van der Waals surface area contributed by atoms with Gasteiger partial charge in [-0.2, -0.15) is 0 Å². The molecule has 0 aliphatic rings. The standard InChI is InChI=1S/C9H14N2O3/c1-3-6(2)5-11-8(13)4-7(12)10-9(11)14/h4,6,13H,3,5H2,1-2H3,(H,10,12,14). The Morgan fingerprint density at radius 2 is 2.21 bits per heavy atom. The van der Waals surface area contributed by atoms with Crippen molar-refractivity contribution in [1.29, 1.82) is 0 Å². The lowest BCUT2D eigenvalue weighted by atomic mass is 10.1. The predicted molar refractivity (Wildman–Crippen MR) is 52.4 cm³/mol. The highest BCUT2D eigenvalue weighted by Crippen LogP contribution is 2.07. The van der Waals surface area contributed by atoms with Crippen molar-refractivity contribution in [3.8, 4) is 5.88 Å². The molecule has 0 saturated carbocycles. The number of hydrogen-bond donors (Lipinski definition) is 2. The topological polar surface area (TPSA) is 75.1 Å². The van der Waals surface area contributed by atoms with Gasteiger partial charge in [-0.25, -0.2) is 4.79 Å². The smallest absolute Gasteiger partial charge is 0.331 e. The third-order valence-corrected chi connectivity index (χ3v) is 2.20. The maximum atomic E-state index is 11.3. The normalized spacial score (nSPS) is 12.7. The van der Waals surface area contributed by atoms with E-state index in [9.17, 15) is 14.7 Å². The molecule has 1 aromatic heterocycles. The zero-order chi connectivity index (χ0) is 10.7. The number of aromatic hydroxyl groups is 1. The summed E-state index contributed by atoms with van der Waals surface area (Å²) in [6, 6.07) is 1.00. The summed E-state index contributed by atoms with van der Waals surface area (Å²) in [5.74, 6) is 0.00329. The molecule has 1 heterocycles. The molecule has 1 rings (SSSR count). The van der Waals surface area contributed by atoms with Crippen molar-refractivity contribution in [2.24, 2.45) is 5.92 Å². The quantitative estimate of drug-likeness (QED) is 0.732. The molecule has 0 bridgehead atoms. The van der Waals surface area contributed by atoms with Crippen LogP contribution in [0.4, 0.5) is 0 Å². The molecule has 1 aromatic rings. The number of H-pyrrole nitrogens is 1. The van der Waals surface area contributed by atoms with Gasteiger partial charge in [0.1, 0.15) is 0 Å². The van der Waals surface area contributed by atoms with Crippen LogP contribution in [0.5, 0.6) is 5.88 Å². The van der Waals surface area contributed by atoms with Gasteiger partial charge in [0.2, 0.25) is 5.88 Å². The molecular weight excluding hydrogens is 184 g/mol. The highest BCUT2D eigenvalue weighted by molar-refractivity contribution is 5.05. The Morgan fingerprint density at radius 1 is 1.57 bits per heavy atom. The Bertz CT molecular complexity index is 419. The van der Waals surface area contributed by atoms with E-state index in [4.69, 9.17) is 0 Å². The van der Waals surface area contributed by atoms with Crippen LogP contribution in [-0.4, -0.2) is 14.7 Å². The number of nitrogens with zero attached hydrogens (tertiary/aromatic N) is 1. The van der Waals surface area contributed by atoms with Crippen LogP contribution in [0.1, 0.15) is 20.3 Å². The molecule has 14 heavy (non-hydrogen) atoms. The summed E-state index contributed by atoms with van der Waals surface area (Å²) in [6.07, 6.45) is 0.908. The minimum atomic E-state index is -0.576. The Morgan fingerprint density at radius 3 is 2.71 bits per heavy atom. The monoisotopic (exact) mass is 198 g/mol. The molecule has 78 valence electrons. The summed E-state index contributed by atoms with van der Waals surface area (Å²) >= 11 is 0. The summed E-state index contributed by atoms with van der Waals surface area (Å²) in [5.41, 5.74) is -1.14. The number of aromatic nitrogens is 2. The van der Waals surface area contributed by atoms with Crippen LogP contribution >= 0.6 is 0 Å². The van der Waals surface area contributed by atoms with Crippen LogP contribution in [0.25, 0.3) is 0 Å². The van der Waals surface area contributed by atoms with Gasteiger partial charge in [0.15, 0.2) is 0 Å². The van der Waals surface area contributed by atoms with E-state index in [-0.39, 0.29) is 11.8 Å². The second-order valence-electron chi connectivity index (χ2n) is 3.42. The molecular formula is C9H14N2O3. The van der Waals surface area contributed by atoms with E-state index < -0.39 is 11.2 Å². The molecule has 1 unspecified atom stereocenters. The molecule has 0 fully saturated rings. The van der Waals surface area contributed by atoms with E-state index >= 15 is 0 Å². The summed E-state index contributed by atoms with van der Waals surface area (Å²) < 4.78 is 1.16. The second kappa shape index (κ2) is 4.13. The van der Waals surface area contributed by atoms with Crippen molar-refractivity contribution in [2.75, 3.05) is 0 Å². The summed E-state index contributed by atoms with van der Waals surface area (Å²) in [6.45, 7) is 4.38. The Balaban J connectivity index is 3.09. The van der Waals surface area contributed by atoms with E-state index in [0.29, 0.717) is 6.54 Å². The molecule has 0 spiro atoms. The van der Waals surface area contributed by atoms with Gasteiger partial charge >= 0.3 is 5.69 Å². The van der Waals surface area contributed by atoms with E-state index in [1.165, 1.54) is 0 Å². The number of aromatic amines is 1. The largest absolute Gasteiger partial charge is 0.494 e. The minimum Gasteiger partial charge on any atom is -0.494 e. The molecule has 2 N–H and O–H groups in total. The fraction of sp³-hybridized carbons (Fsp3) is 0.556. The summed E-state index contributed by atoms with van der Waals surface area (Å²) in [7, 11) is 0. The first-order valence-electron chi connectivity index (χ1n) is 4.57. The van der Waals surface area contributed by atoms with Crippen LogP contribution in [0.3, 0.4) is 0 Å². The van der Waals surface area contributed by atoms with Crippen molar-refractivity contribution in [2.45, 2.75) is 26.8 Å². The van der Waals surface area contributed by atoms with Gasteiger partial charge in [-0.3, -0.25) is 14.3 Å². The van der Waals surface area contributed by atoms with E-state index in [1.54, 1.807) is 0 Å². The van der Waals surface area contributed by atoms with Crippen molar-refractivity contribution in [3.05, 3.63) is 26.9 Å². The van der Waals surface area contributed by atoms with Crippen LogP contribution in [-0.2, 0) is 6.54 Å². The summed E-state index contributed by atoms with van der Waals surface area (Å²) in [5, 5.41) is 9.36. The Labute approximate surface area is 81.0 Å². The van der Waals surface area contributed by atoms with Crippen molar-refractivity contribution in [1.82, 2.24) is 9.55 Å². The van der Waals surface area contributed by atoms with Gasteiger partial charge in [-0.05, 0) is 5.92 Å². The molecule has 0 amide bonds. The third kappa shape index (κ3) is 2.25. The Hall–Kier alpha value is -1.52. The number of hydrogen-bond acceptors (Lipinski definition) is 3. The zero-order valence-electron chi connectivity index (χ0n) is 8.28. The zero-order valence-corrected chi connectivity index (χ0v) is 8.28. The number of nitrogens with one attached hydrogen (secondary N) is 1. The molecule has 1 atom stereocenters. The summed E-state index contributed by atoms with van der Waals surface area (Å²) in [4.78, 5) is 24.2. The van der Waals surface area contributed by atoms with Gasteiger partial charge in [0.25, 0.3) is 5.56 Å². The van der Waals surface area contributed by atoms with Gasteiger partial charge in [-0.1, -0.05) is 20.3 Å². The van der Waals surface area contributed by atoms with Gasteiger partial charge in [0, 0.05) is 6.54 Å². The van der Waals surface area contributed by atoms with Crippen LogP contribution < -0.4 is 11.2 Å². The van der Waals surface area contributed by atoms with Crippen molar-refractivity contribution < 1.29 is 5.11 Å². The van der Waals surface area contributed by atoms with E-state index in [0.717, 1.165) is 17.1 Å². The van der Waals surface area contributed by atoms with E-state index in [1.807, 2.05) is 13.8 Å². The maximum absolute atomic E-state index is 11.3. The lowest BCUT2D eigenvalue weighted by Gasteiger charge is -2.11. The minimum absolute atomic E-state index is 0.279. The SMILES string of the molecule is CCC(C)Cn1c(O)cc(=O)[nH]c1=O. The van der Waals surface area contributed by atoms with E-state index in [2.05, 4.69) is 4.98 Å². The van der Waals surface area contributed by atoms with Crippen molar-refractivity contribution in [3.63, 3.8) is 0 Å². The molecule has 5 nitrogen and oxygen atoms in total. The lowest BCUT2D eigenvalue weighted by Crippen LogP contribution is -2.30. The Kier molecular flexibility index (Phi) is 3.11. The molecule has 0 aromatic carbocycles.